The van der Waals surface area contributed by atoms with Gasteiger partial charge < -0.3 is 44.3 Å². The van der Waals surface area contributed by atoms with E-state index >= 15 is 0 Å². The number of aromatic nitrogens is 4. The van der Waals surface area contributed by atoms with Crippen molar-refractivity contribution in [1.82, 2.24) is 19.1 Å². The van der Waals surface area contributed by atoms with Crippen molar-refractivity contribution in [2.45, 2.75) is 126 Å². The molecule has 0 unspecified atom stereocenters. The number of rotatable bonds is 15. The third kappa shape index (κ3) is 18.3. The molecule has 11 rings (SSSR count). The maximum atomic E-state index is 11.4. The van der Waals surface area contributed by atoms with Crippen molar-refractivity contribution in [3.8, 4) is 34.9 Å². The molecule has 89 heavy (non-hydrogen) atoms. The molecule has 0 aliphatic carbocycles. The van der Waals surface area contributed by atoms with Crippen molar-refractivity contribution in [2.24, 2.45) is 0 Å². The van der Waals surface area contributed by atoms with Crippen molar-refractivity contribution < 1.29 is 43.6 Å². The van der Waals surface area contributed by atoms with Crippen LogP contribution in [-0.4, -0.2) is 83.1 Å². The molecular formula is C68H77I2N7O11Sn. The van der Waals surface area contributed by atoms with Gasteiger partial charge in [0, 0.05) is 49.6 Å². The summed E-state index contributed by atoms with van der Waals surface area (Å²) in [6, 6.07) is 37.2. The standard InChI is InChI=1S/C19H15N3O2.C12H11N2.C7H4INO2.C7H5IO3.C7H7NO3.C4H8O.3C4H9.Sn/c1-3-22-16-8-11(2)4-6-13(16)14(10-20)18(22)12-5-7-15-17(9-12)24-19(23)21-15;1-3-14-8-10(7-13)11-5-4-9(2)6-12(11)14;8-4-1-2-5-6(3-4)11-7(10)9-5;2*8-4-1-2-5(7(10)11)6(9)3-4;1-2-4-5-3-1;3*1-3-4-2;/h4-9H,3H2,1-2H3,(H,21,23);4-6H,3H2,1-2H3;1-3H,(H,9,10);1-3,9H,(H,10,11);1-3,9H,8H2,(H,10,11);1-4H2;3*1,3-4H2,2H3;. The number of nitrogens with zero attached hydrogens (tertiary/aromatic N) is 4. The molecule has 1 saturated heterocycles. The van der Waals surface area contributed by atoms with E-state index in [-0.39, 0.29) is 22.6 Å². The number of aromatic amines is 2. The van der Waals surface area contributed by atoms with Crippen LogP contribution in [0.1, 0.15) is 129 Å². The Balaban J connectivity index is 0.000000183. The first-order valence-corrected chi connectivity index (χ1v) is 39.4. The molecule has 8 N–H and O–H groups in total. The molecule has 5 heterocycles. The number of anilines is 1. The van der Waals surface area contributed by atoms with Gasteiger partial charge in [-0.25, -0.2) is 19.2 Å². The van der Waals surface area contributed by atoms with E-state index in [0.29, 0.717) is 27.9 Å². The van der Waals surface area contributed by atoms with E-state index in [1.165, 1.54) is 111 Å². The van der Waals surface area contributed by atoms with Crippen LogP contribution in [0.3, 0.4) is 0 Å². The number of H-pyrrole nitrogens is 2. The van der Waals surface area contributed by atoms with Gasteiger partial charge in [0.05, 0.1) is 27.8 Å². The zero-order valence-corrected chi connectivity index (χ0v) is 58.4. The van der Waals surface area contributed by atoms with Crippen LogP contribution in [0.25, 0.3) is 55.3 Å². The maximum Gasteiger partial charge on any atom is 0.417 e. The minimum atomic E-state index is -2.68. The number of carboxylic acids is 2. The van der Waals surface area contributed by atoms with Gasteiger partial charge in [0.2, 0.25) is 0 Å². The molecule has 0 spiro atoms. The van der Waals surface area contributed by atoms with E-state index in [1.807, 2.05) is 65.9 Å². The minimum absolute atomic E-state index is 0.0644. The minimum Gasteiger partial charge on any atom is -0.507 e. The van der Waals surface area contributed by atoms with Crippen molar-refractivity contribution >= 4 is 129 Å². The van der Waals surface area contributed by atoms with E-state index in [0.717, 1.165) is 72.2 Å². The summed E-state index contributed by atoms with van der Waals surface area (Å²) in [7, 11) is 0. The fraction of sp³-hybridized carbons (Fsp3) is 0.324. The smallest absolute Gasteiger partial charge is 0.417 e. The molecule has 0 amide bonds. The van der Waals surface area contributed by atoms with Gasteiger partial charge in [-0.05, 0) is 144 Å². The first-order valence-electron chi connectivity index (χ1n) is 29.8. The number of ether oxygens (including phenoxy) is 1. The number of aromatic carboxylic acids is 2. The Morgan fingerprint density at radius 1 is 0.607 bits per heavy atom. The van der Waals surface area contributed by atoms with E-state index in [9.17, 15) is 29.7 Å². The van der Waals surface area contributed by atoms with Gasteiger partial charge in [-0.15, -0.1) is 0 Å². The molecule has 468 valence electrons. The zero-order chi connectivity index (χ0) is 65.0. The monoisotopic (exact) mass is 1540 g/mol. The summed E-state index contributed by atoms with van der Waals surface area (Å²) in [5.74, 6) is -3.65. The number of nitrogens with two attached hydrogens (primary N) is 1. The number of fused-ring (bicyclic) bond motifs is 4. The number of nitrogens with one attached hydrogen (secondary N) is 2. The number of aromatic hydroxyl groups is 2. The second-order valence-corrected chi connectivity index (χ2v) is 37.0. The molecule has 10 aromatic rings. The van der Waals surface area contributed by atoms with Crippen molar-refractivity contribution in [3.63, 3.8) is 0 Å². The topological polar surface area (TPSA) is 300 Å². The van der Waals surface area contributed by atoms with Gasteiger partial charge in [-0.1, -0.05) is 18.2 Å². The van der Waals surface area contributed by atoms with Crippen LogP contribution in [-0.2, 0) is 17.8 Å². The Bertz CT molecular complexity index is 4180. The SMILES string of the molecule is C1CCOC1.CCC[CH2][Sn]([CH2]CCC)([CH2]CCC)[c]1c(C#N)c2ccc(C)cc2n1CC.CCn1c(-c2ccc3[nH]c(=O)oc3c2)c(C#N)c2ccc(C)cc21.Nc1ccc(C(=O)O)c(O)c1.O=C(O)c1ccc(I)cc1O.O=c1[nH]c2ccc(I)cc2o1. The Hall–Kier alpha value is -7.52. The normalized spacial score (nSPS) is 11.6. The first kappa shape index (κ1) is 70.6. The maximum absolute atomic E-state index is 11.4. The van der Waals surface area contributed by atoms with E-state index in [4.69, 9.17) is 39.7 Å². The average molecular weight is 1540 g/mol. The molecule has 6 aromatic carbocycles. The number of hydrogen-bond acceptors (Lipinski definition) is 12. The quantitative estimate of drug-likeness (QED) is 0.0285. The number of nitriles is 2. The van der Waals surface area contributed by atoms with Crippen LogP contribution in [0.15, 0.2) is 128 Å². The molecule has 1 fully saturated rings. The summed E-state index contributed by atoms with van der Waals surface area (Å²) in [4.78, 5) is 48.0. The summed E-state index contributed by atoms with van der Waals surface area (Å²) >= 11 is 1.48. The first-order chi connectivity index (χ1) is 42.7. The van der Waals surface area contributed by atoms with E-state index < -0.39 is 41.8 Å². The van der Waals surface area contributed by atoms with E-state index in [2.05, 4.69) is 120 Å². The number of unbranched alkanes of at least 4 members (excludes halogenated alkanes) is 3. The predicted molar refractivity (Wildman–Crippen MR) is 371 cm³/mol. The summed E-state index contributed by atoms with van der Waals surface area (Å²) in [5, 5.41) is 57.1. The Morgan fingerprint density at radius 3 is 1.53 bits per heavy atom. The van der Waals surface area contributed by atoms with Crippen LogP contribution >= 0.6 is 45.2 Å². The number of benzene rings is 6. The summed E-state index contributed by atoms with van der Waals surface area (Å²) in [5.41, 5.74) is 16.1. The predicted octanol–water partition coefficient (Wildman–Crippen LogP) is 15.7. The Morgan fingerprint density at radius 2 is 1.07 bits per heavy atom. The molecular weight excluding hydrogens is 1460 g/mol. The number of carboxylic acid groups (broad SMARTS) is 2. The molecule has 0 atom stereocenters. The van der Waals surface area contributed by atoms with Gasteiger partial charge >= 0.3 is 195 Å². The number of phenols is 2. The number of hydrogen-bond donors (Lipinski definition) is 7. The van der Waals surface area contributed by atoms with Crippen molar-refractivity contribution in [3.05, 3.63) is 171 Å². The number of nitrogen functional groups attached to an aromatic ring is 1. The molecule has 1 aliphatic heterocycles. The second kappa shape index (κ2) is 33.9. The van der Waals surface area contributed by atoms with Gasteiger partial charge in [0.15, 0.2) is 11.2 Å². The van der Waals surface area contributed by atoms with Gasteiger partial charge in [0.25, 0.3) is 0 Å². The van der Waals surface area contributed by atoms with Crippen LogP contribution < -0.4 is 21.0 Å². The Labute approximate surface area is 548 Å². The fourth-order valence-electron chi connectivity index (χ4n) is 10.9. The molecule has 0 bridgehead atoms. The number of aryl methyl sites for hydroxylation is 4. The fourth-order valence-corrected chi connectivity index (χ4v) is 29.3. The number of oxazole rings is 2. The summed E-state index contributed by atoms with van der Waals surface area (Å²) in [6.45, 7) is 19.2. The molecule has 21 heteroatoms. The van der Waals surface area contributed by atoms with Crippen LogP contribution in [0.5, 0.6) is 11.5 Å². The van der Waals surface area contributed by atoms with Crippen LogP contribution in [0, 0.1) is 43.7 Å². The average Bonchev–Trinajstić information content (AvgIpc) is 1.78. The largest absolute Gasteiger partial charge is 0.507 e. The molecule has 1 aliphatic rings. The van der Waals surface area contributed by atoms with Crippen molar-refractivity contribution in [2.75, 3.05) is 18.9 Å². The third-order valence-electron chi connectivity index (χ3n) is 15.2. The second-order valence-electron chi connectivity index (χ2n) is 21.5. The van der Waals surface area contributed by atoms with Crippen LogP contribution in [0.4, 0.5) is 5.69 Å². The molecule has 0 saturated carbocycles. The molecule has 0 radical (unpaired) electrons. The van der Waals surface area contributed by atoms with Gasteiger partial charge in [-0.3, -0.25) is 9.97 Å². The number of carbonyl (C=O) groups is 2. The van der Waals surface area contributed by atoms with Crippen molar-refractivity contribution in [1.29, 1.82) is 10.5 Å². The molecule has 4 aromatic heterocycles. The van der Waals surface area contributed by atoms with Gasteiger partial charge in [-0.2, -0.15) is 5.26 Å². The van der Waals surface area contributed by atoms with Gasteiger partial charge in [0.1, 0.15) is 28.7 Å². The third-order valence-corrected chi connectivity index (χ3v) is 32.1. The summed E-state index contributed by atoms with van der Waals surface area (Å²) in [6.07, 6.45) is 10.4. The summed E-state index contributed by atoms with van der Waals surface area (Å²) < 4.78 is 27.3. The number of halogens is 2. The Kier molecular flexibility index (Phi) is 26.9. The van der Waals surface area contributed by atoms with Crippen LogP contribution in [0.2, 0.25) is 13.3 Å². The van der Waals surface area contributed by atoms with E-state index in [1.54, 1.807) is 21.9 Å². The zero-order valence-electron chi connectivity index (χ0n) is 51.3. The molecule has 18 nitrogen and oxygen atoms in total.